The number of hydrogen-bond acceptors (Lipinski definition) is 5. The largest absolute Gasteiger partial charge is 0.478 e. The van der Waals surface area contributed by atoms with Crippen LogP contribution >= 0.6 is 11.6 Å². The number of anilines is 1. The normalized spacial score (nSPS) is 16.5. The third-order valence-corrected chi connectivity index (χ3v) is 5.58. The zero-order valence-electron chi connectivity index (χ0n) is 15.2. The average Bonchev–Trinajstić information content (AvgIpc) is 3.07. The fourth-order valence-corrected chi connectivity index (χ4v) is 3.70. The molecule has 0 saturated carbocycles. The van der Waals surface area contributed by atoms with Crippen LogP contribution < -0.4 is 10.6 Å². The van der Waals surface area contributed by atoms with E-state index in [-0.39, 0.29) is 21.8 Å². The van der Waals surface area contributed by atoms with Crippen molar-refractivity contribution in [1.82, 2.24) is 15.2 Å². The summed E-state index contributed by atoms with van der Waals surface area (Å²) in [5.74, 6) is -1.19. The molecule has 3 aromatic rings. The number of carboxylic acid groups (broad SMARTS) is 1. The maximum atomic E-state index is 13.9. The third-order valence-electron chi connectivity index (χ3n) is 5.19. The van der Waals surface area contributed by atoms with Crippen LogP contribution in [0.1, 0.15) is 30.1 Å². The van der Waals surface area contributed by atoms with E-state index in [4.69, 9.17) is 17.3 Å². The highest BCUT2D eigenvalue weighted by molar-refractivity contribution is 6.34. The summed E-state index contributed by atoms with van der Waals surface area (Å²) in [6.07, 6.45) is 1.56. The number of nitrogens with zero attached hydrogens (tertiary/aromatic N) is 3. The lowest BCUT2D eigenvalue weighted by Gasteiger charge is -2.37. The Morgan fingerprint density at radius 2 is 2.11 bits per heavy atom. The number of carboxylic acids is 1. The molecular weight excluding hydrogens is 385 g/mol. The number of fused-ring (bicyclic) bond motifs is 1. The molecule has 1 aliphatic heterocycles. The van der Waals surface area contributed by atoms with Gasteiger partial charge in [0.2, 0.25) is 0 Å². The van der Waals surface area contributed by atoms with E-state index >= 15 is 0 Å². The van der Waals surface area contributed by atoms with E-state index in [1.54, 1.807) is 6.07 Å². The number of nitrogens with one attached hydrogen (secondary N) is 1. The molecule has 1 fully saturated rings. The zero-order valence-corrected chi connectivity index (χ0v) is 15.9. The van der Waals surface area contributed by atoms with Crippen LogP contribution in [-0.2, 0) is 0 Å². The van der Waals surface area contributed by atoms with Crippen molar-refractivity contribution >= 4 is 34.4 Å². The lowest BCUT2D eigenvalue weighted by atomic mass is 9.91. The van der Waals surface area contributed by atoms with E-state index in [1.807, 2.05) is 11.8 Å². The van der Waals surface area contributed by atoms with Gasteiger partial charge in [-0.05, 0) is 31.9 Å². The number of benzene rings is 1. The number of aromatic nitrogens is 3. The topological polar surface area (TPSA) is 108 Å². The van der Waals surface area contributed by atoms with Crippen LogP contribution in [0, 0.1) is 5.82 Å². The van der Waals surface area contributed by atoms with Crippen molar-refractivity contribution in [2.45, 2.75) is 25.3 Å². The average molecular weight is 404 g/mol. The molecule has 0 bridgehead atoms. The molecule has 0 aliphatic carbocycles. The molecule has 1 aromatic carbocycles. The Morgan fingerprint density at radius 1 is 1.39 bits per heavy atom. The number of aromatic carboxylic acids is 1. The Kier molecular flexibility index (Phi) is 4.47. The molecule has 4 N–H and O–H groups in total. The number of pyridine rings is 1. The van der Waals surface area contributed by atoms with Crippen LogP contribution in [0.3, 0.4) is 0 Å². The minimum atomic E-state index is -1.12. The van der Waals surface area contributed by atoms with Gasteiger partial charge in [-0.1, -0.05) is 23.7 Å². The predicted octanol–water partition coefficient (Wildman–Crippen LogP) is 3.43. The quantitative estimate of drug-likeness (QED) is 0.618. The minimum absolute atomic E-state index is 0.0326. The van der Waals surface area contributed by atoms with Crippen molar-refractivity contribution in [2.24, 2.45) is 5.73 Å². The van der Waals surface area contributed by atoms with Crippen molar-refractivity contribution in [3.63, 3.8) is 0 Å². The van der Waals surface area contributed by atoms with Crippen molar-refractivity contribution in [3.8, 4) is 11.3 Å². The van der Waals surface area contributed by atoms with Gasteiger partial charge in [0.1, 0.15) is 11.6 Å². The van der Waals surface area contributed by atoms with E-state index in [0.29, 0.717) is 35.6 Å². The first kappa shape index (κ1) is 18.6. The van der Waals surface area contributed by atoms with E-state index in [2.05, 4.69) is 15.2 Å². The minimum Gasteiger partial charge on any atom is -0.478 e. The summed E-state index contributed by atoms with van der Waals surface area (Å²) >= 11 is 6.09. The maximum absolute atomic E-state index is 13.9. The van der Waals surface area contributed by atoms with Gasteiger partial charge >= 0.3 is 5.97 Å². The van der Waals surface area contributed by atoms with Gasteiger partial charge in [-0.25, -0.2) is 14.2 Å². The number of nitrogens with two attached hydrogens (primary N) is 1. The van der Waals surface area contributed by atoms with Gasteiger partial charge in [0.15, 0.2) is 5.65 Å². The number of halogens is 2. The molecule has 0 spiro atoms. The monoisotopic (exact) mass is 403 g/mol. The van der Waals surface area contributed by atoms with Gasteiger partial charge in [0.05, 0.1) is 21.7 Å². The fourth-order valence-electron chi connectivity index (χ4n) is 3.48. The summed E-state index contributed by atoms with van der Waals surface area (Å²) in [5.41, 5.74) is 6.88. The smallest absolute Gasteiger partial charge is 0.336 e. The van der Waals surface area contributed by atoms with Crippen LogP contribution in [0.15, 0.2) is 24.3 Å². The molecule has 3 heterocycles. The van der Waals surface area contributed by atoms with Crippen LogP contribution in [0.25, 0.3) is 22.3 Å². The van der Waals surface area contributed by atoms with E-state index < -0.39 is 11.8 Å². The highest BCUT2D eigenvalue weighted by Gasteiger charge is 2.28. The summed E-state index contributed by atoms with van der Waals surface area (Å²) in [4.78, 5) is 18.5. The standard InChI is InChI=1S/C19H19ClFN5O2/c1-19(22)5-7-26(8-6-19)13-9-11(18(27)28)14-16(24-25-17(14)23-13)10-3-2-4-12(21)15(10)20/h2-4,9H,5-8,22H2,1H3,(H,27,28)(H,23,24,25). The van der Waals surface area contributed by atoms with Crippen LogP contribution in [0.4, 0.5) is 10.2 Å². The number of aromatic amines is 1. The Hall–Kier alpha value is -2.71. The van der Waals surface area contributed by atoms with Gasteiger partial charge < -0.3 is 15.7 Å². The molecular formula is C19H19ClFN5O2. The molecule has 2 aromatic heterocycles. The van der Waals surface area contributed by atoms with Gasteiger partial charge in [0, 0.05) is 24.2 Å². The Labute approximate surface area is 165 Å². The third kappa shape index (κ3) is 3.18. The molecule has 7 nitrogen and oxygen atoms in total. The summed E-state index contributed by atoms with van der Waals surface area (Å²) in [6.45, 7) is 3.36. The van der Waals surface area contributed by atoms with Crippen molar-refractivity contribution in [3.05, 3.63) is 40.7 Å². The van der Waals surface area contributed by atoms with Crippen molar-refractivity contribution in [2.75, 3.05) is 18.0 Å². The first-order valence-corrected chi connectivity index (χ1v) is 9.25. The summed E-state index contributed by atoms with van der Waals surface area (Å²) in [7, 11) is 0. The Bertz CT molecular complexity index is 1070. The Morgan fingerprint density at radius 3 is 2.79 bits per heavy atom. The van der Waals surface area contributed by atoms with E-state index in [9.17, 15) is 14.3 Å². The maximum Gasteiger partial charge on any atom is 0.336 e. The number of H-pyrrole nitrogens is 1. The molecule has 0 radical (unpaired) electrons. The van der Waals surface area contributed by atoms with Gasteiger partial charge in [-0.2, -0.15) is 5.10 Å². The summed E-state index contributed by atoms with van der Waals surface area (Å²) in [5, 5.41) is 16.9. The Balaban J connectivity index is 1.84. The lowest BCUT2D eigenvalue weighted by molar-refractivity contribution is 0.0699. The zero-order chi connectivity index (χ0) is 20.1. The number of carbonyl (C=O) groups is 1. The predicted molar refractivity (Wildman–Crippen MR) is 105 cm³/mol. The molecule has 28 heavy (non-hydrogen) atoms. The first-order chi connectivity index (χ1) is 13.3. The van der Waals surface area contributed by atoms with Gasteiger partial charge in [-0.15, -0.1) is 0 Å². The summed E-state index contributed by atoms with van der Waals surface area (Å²) < 4.78 is 13.9. The molecule has 4 rings (SSSR count). The number of piperidine rings is 1. The van der Waals surface area contributed by atoms with Crippen molar-refractivity contribution < 1.29 is 14.3 Å². The highest BCUT2D eigenvalue weighted by atomic mass is 35.5. The molecule has 9 heteroatoms. The number of rotatable bonds is 3. The molecule has 1 saturated heterocycles. The second-order valence-electron chi connectivity index (χ2n) is 7.37. The fraction of sp³-hybridized carbons (Fsp3) is 0.316. The molecule has 0 amide bonds. The van der Waals surface area contributed by atoms with E-state index in [0.717, 1.165) is 12.8 Å². The van der Waals surface area contributed by atoms with Crippen LogP contribution in [0.5, 0.6) is 0 Å². The molecule has 1 aliphatic rings. The van der Waals surface area contributed by atoms with Crippen molar-refractivity contribution in [1.29, 1.82) is 0 Å². The highest BCUT2D eigenvalue weighted by Crippen LogP contribution is 2.36. The molecule has 0 atom stereocenters. The van der Waals surface area contributed by atoms with Gasteiger partial charge in [0.25, 0.3) is 0 Å². The molecule has 146 valence electrons. The lowest BCUT2D eigenvalue weighted by Crippen LogP contribution is -2.48. The number of hydrogen-bond donors (Lipinski definition) is 3. The molecule has 0 unspecified atom stereocenters. The summed E-state index contributed by atoms with van der Waals surface area (Å²) in [6, 6.07) is 5.87. The van der Waals surface area contributed by atoms with E-state index in [1.165, 1.54) is 18.2 Å². The van der Waals surface area contributed by atoms with Crippen LogP contribution in [0.2, 0.25) is 5.02 Å². The SMILES string of the molecule is CC1(N)CCN(c2cc(C(=O)O)c3c(-c4cccc(F)c4Cl)[nH]nc3n2)CC1. The van der Waals surface area contributed by atoms with Crippen LogP contribution in [-0.4, -0.2) is 44.9 Å². The van der Waals surface area contributed by atoms with Gasteiger partial charge in [-0.3, -0.25) is 5.10 Å². The second-order valence-corrected chi connectivity index (χ2v) is 7.75. The first-order valence-electron chi connectivity index (χ1n) is 8.87. The second kappa shape index (κ2) is 6.72.